The first kappa shape index (κ1) is 13.6. The Kier molecular flexibility index (Phi) is 5.25. The first-order valence-corrected chi connectivity index (χ1v) is 9.67. The van der Waals surface area contributed by atoms with Crippen molar-refractivity contribution in [2.75, 3.05) is 0 Å². The third-order valence-electron chi connectivity index (χ3n) is 5.99. The number of rotatable bonds is 8. The van der Waals surface area contributed by atoms with Gasteiger partial charge < -0.3 is 5.11 Å². The highest BCUT2D eigenvalue weighted by Gasteiger charge is 2.43. The van der Waals surface area contributed by atoms with Gasteiger partial charge in [-0.05, 0) is 74.5 Å². The number of fused-ring (bicyclic) bond motifs is 1. The summed E-state index contributed by atoms with van der Waals surface area (Å²) in [6, 6.07) is 0. The molecule has 0 aromatic rings. The van der Waals surface area contributed by atoms with Crippen LogP contribution < -0.4 is 0 Å². The van der Waals surface area contributed by atoms with Gasteiger partial charge in [0.15, 0.2) is 0 Å². The van der Waals surface area contributed by atoms with E-state index in [1.54, 1.807) is 13.0 Å². The van der Waals surface area contributed by atoms with Crippen molar-refractivity contribution in [2.45, 2.75) is 72.5 Å². The zero-order valence-electron chi connectivity index (χ0n) is 22.4. The van der Waals surface area contributed by atoms with Gasteiger partial charge in [-0.15, -0.1) is 11.8 Å². The van der Waals surface area contributed by atoms with Gasteiger partial charge in [0.2, 0.25) is 0 Å². The minimum absolute atomic E-state index is 0.0408. The Morgan fingerprint density at radius 1 is 1.42 bits per heavy atom. The molecule has 0 saturated heterocycles. The highest BCUT2D eigenvalue weighted by molar-refractivity contribution is 5.66. The standard InChI is InChI=1S/C24H36O2/c1-5-6-9-17(2)18(3)12-13-22-19(4)14-21-15-20(16-23(21)22)10-7-8-11-24(25)26/h10,12-13,17-19,21-23H,7-9,11,14-16H2,1-4H3,(H,25,26)/b13-12+,20-10+/t17?,18-,19-,21-,22+,23+/m1/s1/i8D2,9D2,11D2. The van der Waals surface area contributed by atoms with Crippen molar-refractivity contribution < 1.29 is 18.1 Å². The monoisotopic (exact) mass is 362 g/mol. The molecule has 2 saturated carbocycles. The first-order chi connectivity index (χ1) is 14.6. The molecule has 2 rings (SSSR count). The molecule has 144 valence electrons. The third kappa shape index (κ3) is 5.76. The van der Waals surface area contributed by atoms with E-state index in [4.69, 9.17) is 13.3 Å². The average molecular weight is 363 g/mol. The molecule has 0 heterocycles. The molecule has 0 amide bonds. The fourth-order valence-corrected chi connectivity index (χ4v) is 4.41. The van der Waals surface area contributed by atoms with Gasteiger partial charge in [0.25, 0.3) is 0 Å². The first-order valence-electron chi connectivity index (χ1n) is 12.7. The van der Waals surface area contributed by atoms with E-state index in [2.05, 4.69) is 30.9 Å². The van der Waals surface area contributed by atoms with Gasteiger partial charge in [-0.25, -0.2) is 0 Å². The number of carboxylic acid groups (broad SMARTS) is 1. The maximum atomic E-state index is 11.1. The molecule has 2 aliphatic rings. The van der Waals surface area contributed by atoms with Crippen LogP contribution in [0.3, 0.4) is 0 Å². The normalized spacial score (nSPS) is 36.7. The van der Waals surface area contributed by atoms with Crippen LogP contribution >= 0.6 is 0 Å². The van der Waals surface area contributed by atoms with Crippen LogP contribution in [0.5, 0.6) is 0 Å². The highest BCUT2D eigenvalue weighted by atomic mass is 16.4. The molecular formula is C24H36O2. The number of allylic oxidation sites excluding steroid dienone is 4. The van der Waals surface area contributed by atoms with Crippen LogP contribution in [-0.2, 0) is 4.79 Å². The van der Waals surface area contributed by atoms with E-state index in [1.807, 2.05) is 13.8 Å². The number of carbonyl (C=O) groups is 1. The zero-order chi connectivity index (χ0) is 24.5. The van der Waals surface area contributed by atoms with Crippen LogP contribution in [0.15, 0.2) is 23.8 Å². The van der Waals surface area contributed by atoms with E-state index >= 15 is 0 Å². The number of hydrogen-bond acceptors (Lipinski definition) is 1. The lowest BCUT2D eigenvalue weighted by Gasteiger charge is -2.20. The summed E-state index contributed by atoms with van der Waals surface area (Å²) in [4.78, 5) is 11.1. The molecule has 1 N–H and O–H groups in total. The molecule has 26 heavy (non-hydrogen) atoms. The molecule has 0 bridgehead atoms. The average Bonchev–Trinajstić information content (AvgIpc) is 3.20. The van der Waals surface area contributed by atoms with Crippen LogP contribution in [0.2, 0.25) is 0 Å². The van der Waals surface area contributed by atoms with Crippen molar-refractivity contribution in [3.8, 4) is 11.8 Å². The molecule has 1 unspecified atom stereocenters. The predicted octanol–water partition coefficient (Wildman–Crippen LogP) is 6.09. The second-order valence-electron chi connectivity index (χ2n) is 7.85. The summed E-state index contributed by atoms with van der Waals surface area (Å²) in [6.45, 7) is 7.80. The topological polar surface area (TPSA) is 37.3 Å². The molecule has 0 aromatic carbocycles. The molecule has 0 aliphatic heterocycles. The molecule has 6 atom stereocenters. The maximum absolute atomic E-state index is 11.1. The third-order valence-corrected chi connectivity index (χ3v) is 5.99. The van der Waals surface area contributed by atoms with E-state index in [9.17, 15) is 4.79 Å². The van der Waals surface area contributed by atoms with E-state index < -0.39 is 25.1 Å². The van der Waals surface area contributed by atoms with Gasteiger partial charge in [-0.2, -0.15) is 0 Å². The van der Waals surface area contributed by atoms with E-state index in [-0.39, 0.29) is 18.3 Å². The van der Waals surface area contributed by atoms with Gasteiger partial charge in [-0.3, -0.25) is 4.79 Å². The fourth-order valence-electron chi connectivity index (χ4n) is 4.41. The lowest BCUT2D eigenvalue weighted by atomic mass is 9.85. The van der Waals surface area contributed by atoms with Gasteiger partial charge in [-0.1, -0.05) is 44.6 Å². The van der Waals surface area contributed by atoms with Gasteiger partial charge in [0.1, 0.15) is 0 Å². The van der Waals surface area contributed by atoms with Crippen molar-refractivity contribution >= 4 is 5.97 Å². The summed E-state index contributed by atoms with van der Waals surface area (Å²) < 4.78 is 47.2. The molecule has 0 aromatic heterocycles. The molecule has 2 fully saturated rings. The molecule has 2 heteroatoms. The fraction of sp³-hybridized carbons (Fsp3) is 0.708. The Morgan fingerprint density at radius 3 is 2.88 bits per heavy atom. The van der Waals surface area contributed by atoms with Crippen molar-refractivity contribution in [2.24, 2.45) is 35.5 Å². The molecular weight excluding hydrogens is 320 g/mol. The zero-order valence-corrected chi connectivity index (χ0v) is 16.4. The van der Waals surface area contributed by atoms with Gasteiger partial charge in [0.05, 0.1) is 0 Å². The van der Waals surface area contributed by atoms with E-state index in [0.717, 1.165) is 24.8 Å². The Hall–Kier alpha value is -1.49. The summed E-state index contributed by atoms with van der Waals surface area (Å²) in [7, 11) is 0. The minimum atomic E-state index is -2.93. The minimum Gasteiger partial charge on any atom is -0.481 e. The van der Waals surface area contributed by atoms with Crippen LogP contribution in [0.25, 0.3) is 0 Å². The number of aliphatic carboxylic acids is 1. The predicted molar refractivity (Wildman–Crippen MR) is 109 cm³/mol. The smallest absolute Gasteiger partial charge is 0.303 e. The molecule has 2 aliphatic carbocycles. The summed E-state index contributed by atoms with van der Waals surface area (Å²) in [5, 5.41) is 9.01. The van der Waals surface area contributed by atoms with Crippen molar-refractivity contribution in [3.63, 3.8) is 0 Å². The van der Waals surface area contributed by atoms with Crippen molar-refractivity contribution in [3.05, 3.63) is 23.8 Å². The second-order valence-corrected chi connectivity index (χ2v) is 7.85. The maximum Gasteiger partial charge on any atom is 0.303 e. The van der Waals surface area contributed by atoms with Crippen LogP contribution in [-0.4, -0.2) is 11.1 Å². The lowest BCUT2D eigenvalue weighted by Crippen LogP contribution is -2.12. The Labute approximate surface area is 168 Å². The van der Waals surface area contributed by atoms with Crippen LogP contribution in [0.1, 0.15) is 80.7 Å². The summed E-state index contributed by atoms with van der Waals surface area (Å²) in [5.74, 6) is 5.21. The molecule has 0 spiro atoms. The van der Waals surface area contributed by atoms with Gasteiger partial charge in [0, 0.05) is 21.0 Å². The van der Waals surface area contributed by atoms with Gasteiger partial charge >= 0.3 is 5.97 Å². The molecule has 2 nitrogen and oxygen atoms in total. The second kappa shape index (κ2) is 10.0. The molecule has 0 radical (unpaired) electrons. The van der Waals surface area contributed by atoms with E-state index in [1.165, 1.54) is 0 Å². The lowest BCUT2D eigenvalue weighted by molar-refractivity contribution is -0.137. The summed E-state index contributed by atoms with van der Waals surface area (Å²) in [6.07, 6.45) is 1.63. The summed E-state index contributed by atoms with van der Waals surface area (Å²) in [5.41, 5.74) is 1.09. The van der Waals surface area contributed by atoms with E-state index in [0.29, 0.717) is 23.7 Å². The summed E-state index contributed by atoms with van der Waals surface area (Å²) >= 11 is 0. The van der Waals surface area contributed by atoms with Crippen LogP contribution in [0.4, 0.5) is 0 Å². The number of carboxylic acids is 1. The Bertz CT molecular complexity index is 820. The number of hydrogen-bond donors (Lipinski definition) is 1. The van der Waals surface area contributed by atoms with Crippen molar-refractivity contribution in [1.82, 2.24) is 0 Å². The SMILES string of the molecule is [2H]C([2H])(C#CC)C(C)[C@H](C)/C=C/[C@@H]1[C@H]2C/C(=C/CC([2H])([2H])C([2H])([2H])C(=O)O)C[C@H]2C[C@H]1C. The Balaban J connectivity index is 2.07. The Morgan fingerprint density at radius 2 is 2.19 bits per heavy atom. The highest BCUT2D eigenvalue weighted by Crippen LogP contribution is 2.53. The largest absolute Gasteiger partial charge is 0.481 e. The van der Waals surface area contributed by atoms with Crippen molar-refractivity contribution in [1.29, 1.82) is 0 Å². The quantitative estimate of drug-likeness (QED) is 0.419. The van der Waals surface area contributed by atoms with Crippen LogP contribution in [0, 0.1) is 47.3 Å².